The van der Waals surface area contributed by atoms with Crippen LogP contribution in [-0.4, -0.2) is 31.1 Å². The Kier molecular flexibility index (Phi) is 6.62. The van der Waals surface area contributed by atoms with Gasteiger partial charge in [0.15, 0.2) is 0 Å². The summed E-state index contributed by atoms with van der Waals surface area (Å²) >= 11 is 0. The van der Waals surface area contributed by atoms with E-state index in [-0.39, 0.29) is 11.7 Å². The second kappa shape index (κ2) is 9.15. The number of hydrogen-bond acceptors (Lipinski definition) is 2. The summed E-state index contributed by atoms with van der Waals surface area (Å²) in [6, 6.07) is 13.5. The summed E-state index contributed by atoms with van der Waals surface area (Å²) in [5.74, 6) is -0.931. The van der Waals surface area contributed by atoms with Crippen molar-refractivity contribution in [1.82, 2.24) is 10.2 Å². The van der Waals surface area contributed by atoms with Gasteiger partial charge in [-0.1, -0.05) is 30.3 Å². The summed E-state index contributed by atoms with van der Waals surface area (Å²) in [5.41, 5.74) is 1.29. The average Bonchev–Trinajstić information content (AvgIpc) is 2.66. The van der Waals surface area contributed by atoms with E-state index in [1.807, 2.05) is 6.07 Å². The number of urea groups is 1. The molecule has 2 N–H and O–H groups in total. The van der Waals surface area contributed by atoms with Gasteiger partial charge in [-0.25, -0.2) is 13.6 Å². The third-order valence-electron chi connectivity index (χ3n) is 5.43. The van der Waals surface area contributed by atoms with Crippen molar-refractivity contribution < 1.29 is 13.6 Å². The van der Waals surface area contributed by atoms with Gasteiger partial charge in [0.25, 0.3) is 0 Å². The van der Waals surface area contributed by atoms with Crippen LogP contribution in [0.2, 0.25) is 0 Å². The molecule has 0 radical (unpaired) electrons. The molecule has 2 aromatic rings. The molecule has 0 bridgehead atoms. The number of hydrogen-bond donors (Lipinski definition) is 2. The van der Waals surface area contributed by atoms with Crippen LogP contribution in [0.4, 0.5) is 19.3 Å². The van der Waals surface area contributed by atoms with Gasteiger partial charge < -0.3 is 15.5 Å². The van der Waals surface area contributed by atoms with Crippen molar-refractivity contribution in [1.29, 1.82) is 0 Å². The number of nitrogens with zero attached hydrogens (tertiary/aromatic N) is 1. The van der Waals surface area contributed by atoms with E-state index in [2.05, 4.69) is 53.9 Å². The molecule has 2 amide bonds. The van der Waals surface area contributed by atoms with Crippen LogP contribution >= 0.6 is 0 Å². The fourth-order valence-corrected chi connectivity index (χ4v) is 4.16. The van der Waals surface area contributed by atoms with Gasteiger partial charge in [-0.15, -0.1) is 0 Å². The van der Waals surface area contributed by atoms with Crippen LogP contribution in [0.25, 0.3) is 0 Å². The van der Waals surface area contributed by atoms with Gasteiger partial charge in [0.1, 0.15) is 11.6 Å². The monoisotopic (exact) mass is 387 g/mol. The molecule has 1 unspecified atom stereocenters. The highest BCUT2D eigenvalue weighted by molar-refractivity contribution is 5.89. The third-order valence-corrected chi connectivity index (χ3v) is 5.43. The van der Waals surface area contributed by atoms with Crippen molar-refractivity contribution in [2.24, 2.45) is 5.92 Å². The van der Waals surface area contributed by atoms with Crippen LogP contribution in [0.15, 0.2) is 48.5 Å². The molecular formula is C22H27F2N3O. The maximum atomic E-state index is 13.7. The fourth-order valence-electron chi connectivity index (χ4n) is 4.16. The van der Waals surface area contributed by atoms with Gasteiger partial charge in [0.05, 0.1) is 5.69 Å². The molecule has 1 saturated carbocycles. The first kappa shape index (κ1) is 20.3. The van der Waals surface area contributed by atoms with E-state index in [1.165, 1.54) is 11.6 Å². The van der Waals surface area contributed by atoms with Gasteiger partial charge in [-0.3, -0.25) is 0 Å². The standard InChI is InChI=1S/C22H27F2N3O/c1-27(2)21(15-6-4-3-5-7-15)16-8-11-18(12-9-16)25-22(28)26-20-13-10-17(23)14-19(20)24/h3-7,10,13-14,16,18,21H,8-9,11-12H2,1-2H3,(H2,25,26,28). The summed E-state index contributed by atoms with van der Waals surface area (Å²) in [7, 11) is 4.21. The molecule has 2 aromatic carbocycles. The van der Waals surface area contributed by atoms with Crippen LogP contribution in [0, 0.1) is 17.6 Å². The molecule has 150 valence electrons. The number of carbonyl (C=O) groups excluding carboxylic acids is 1. The van der Waals surface area contributed by atoms with E-state index in [9.17, 15) is 13.6 Å². The quantitative estimate of drug-likeness (QED) is 0.763. The van der Waals surface area contributed by atoms with Crippen LogP contribution in [0.5, 0.6) is 0 Å². The highest BCUT2D eigenvalue weighted by Crippen LogP contribution is 2.37. The van der Waals surface area contributed by atoms with Gasteiger partial charge in [-0.05, 0) is 63.4 Å². The van der Waals surface area contributed by atoms with E-state index < -0.39 is 17.7 Å². The Morgan fingerprint density at radius 2 is 1.71 bits per heavy atom. The van der Waals surface area contributed by atoms with E-state index in [1.54, 1.807) is 0 Å². The Bertz CT molecular complexity index is 790. The SMILES string of the molecule is CN(C)C(c1ccccc1)C1CCC(NC(=O)Nc2ccc(F)cc2F)CC1. The Balaban J connectivity index is 1.54. The zero-order valence-corrected chi connectivity index (χ0v) is 16.3. The number of nitrogens with one attached hydrogen (secondary N) is 2. The molecule has 0 heterocycles. The Morgan fingerprint density at radius 3 is 2.32 bits per heavy atom. The largest absolute Gasteiger partial charge is 0.335 e. The lowest BCUT2D eigenvalue weighted by Crippen LogP contribution is -2.41. The molecule has 0 saturated heterocycles. The molecule has 0 aliphatic heterocycles. The van der Waals surface area contributed by atoms with Crippen molar-refractivity contribution in [2.75, 3.05) is 19.4 Å². The first-order chi connectivity index (χ1) is 13.4. The van der Waals surface area contributed by atoms with E-state index >= 15 is 0 Å². The molecule has 1 atom stereocenters. The number of carbonyl (C=O) groups is 1. The van der Waals surface area contributed by atoms with Crippen LogP contribution in [0.3, 0.4) is 0 Å². The molecule has 0 aromatic heterocycles. The predicted octanol–water partition coefficient (Wildman–Crippen LogP) is 4.95. The Morgan fingerprint density at radius 1 is 1.04 bits per heavy atom. The molecule has 3 rings (SSSR count). The lowest BCUT2D eigenvalue weighted by Gasteiger charge is -2.37. The van der Waals surface area contributed by atoms with Crippen LogP contribution < -0.4 is 10.6 Å². The molecule has 1 fully saturated rings. The molecule has 1 aliphatic carbocycles. The molecule has 1 aliphatic rings. The second-order valence-electron chi connectivity index (χ2n) is 7.65. The van der Waals surface area contributed by atoms with Crippen LogP contribution in [0.1, 0.15) is 37.3 Å². The minimum Gasteiger partial charge on any atom is -0.335 e. The summed E-state index contributed by atoms with van der Waals surface area (Å²) < 4.78 is 26.6. The van der Waals surface area contributed by atoms with E-state index in [0.29, 0.717) is 12.0 Å². The molecular weight excluding hydrogens is 360 g/mol. The highest BCUT2D eigenvalue weighted by atomic mass is 19.1. The van der Waals surface area contributed by atoms with Gasteiger partial charge in [0.2, 0.25) is 0 Å². The zero-order chi connectivity index (χ0) is 20.1. The minimum atomic E-state index is -0.782. The lowest BCUT2D eigenvalue weighted by atomic mass is 9.79. The van der Waals surface area contributed by atoms with E-state index in [0.717, 1.165) is 37.8 Å². The minimum absolute atomic E-state index is 0.0238. The topological polar surface area (TPSA) is 44.4 Å². The highest BCUT2D eigenvalue weighted by Gasteiger charge is 2.30. The average molecular weight is 387 g/mol. The van der Waals surface area contributed by atoms with Crippen molar-refractivity contribution in [3.8, 4) is 0 Å². The zero-order valence-electron chi connectivity index (χ0n) is 16.3. The van der Waals surface area contributed by atoms with Gasteiger partial charge in [0, 0.05) is 18.2 Å². The van der Waals surface area contributed by atoms with E-state index in [4.69, 9.17) is 0 Å². The Hall–Kier alpha value is -2.47. The normalized spacial score (nSPS) is 20.6. The Labute approximate surface area is 164 Å². The lowest BCUT2D eigenvalue weighted by molar-refractivity contribution is 0.158. The first-order valence-corrected chi connectivity index (χ1v) is 9.68. The van der Waals surface area contributed by atoms with Crippen molar-refractivity contribution >= 4 is 11.7 Å². The fraction of sp³-hybridized carbons (Fsp3) is 0.409. The maximum absolute atomic E-state index is 13.7. The predicted molar refractivity (Wildman–Crippen MR) is 107 cm³/mol. The number of anilines is 1. The first-order valence-electron chi connectivity index (χ1n) is 9.68. The molecule has 0 spiro atoms. The van der Waals surface area contributed by atoms with Gasteiger partial charge in [-0.2, -0.15) is 0 Å². The maximum Gasteiger partial charge on any atom is 0.319 e. The smallest absolute Gasteiger partial charge is 0.319 e. The molecule has 6 heteroatoms. The third kappa shape index (κ3) is 5.07. The van der Waals surface area contributed by atoms with Crippen LogP contribution in [-0.2, 0) is 0 Å². The number of halogens is 2. The summed E-state index contributed by atoms with van der Waals surface area (Å²) in [6.45, 7) is 0. The number of benzene rings is 2. The molecule has 28 heavy (non-hydrogen) atoms. The second-order valence-corrected chi connectivity index (χ2v) is 7.65. The van der Waals surface area contributed by atoms with Crippen molar-refractivity contribution in [3.63, 3.8) is 0 Å². The molecule has 4 nitrogen and oxygen atoms in total. The van der Waals surface area contributed by atoms with Crippen molar-refractivity contribution in [3.05, 3.63) is 65.7 Å². The summed E-state index contributed by atoms with van der Waals surface area (Å²) in [5, 5.41) is 5.38. The number of amides is 2. The summed E-state index contributed by atoms with van der Waals surface area (Å²) in [4.78, 5) is 14.4. The van der Waals surface area contributed by atoms with Gasteiger partial charge >= 0.3 is 6.03 Å². The van der Waals surface area contributed by atoms with Crippen molar-refractivity contribution in [2.45, 2.75) is 37.8 Å². The summed E-state index contributed by atoms with van der Waals surface area (Å²) in [6.07, 6.45) is 3.77. The number of rotatable bonds is 5.